The summed E-state index contributed by atoms with van der Waals surface area (Å²) in [4.78, 5) is 14.1. The summed E-state index contributed by atoms with van der Waals surface area (Å²) in [6.45, 7) is 7.42. The zero-order valence-corrected chi connectivity index (χ0v) is 21.8. The molecule has 0 bridgehead atoms. The fourth-order valence-corrected chi connectivity index (χ4v) is 5.16. The maximum atomic E-state index is 4.82. The highest BCUT2D eigenvalue weighted by molar-refractivity contribution is 14.0. The second kappa shape index (κ2) is 11.9. The van der Waals surface area contributed by atoms with Gasteiger partial charge in [0.15, 0.2) is 11.1 Å². The topological polar surface area (TPSA) is 55.8 Å². The van der Waals surface area contributed by atoms with Crippen molar-refractivity contribution in [3.8, 4) is 0 Å². The SMILES string of the molecule is CN=C(NCCc1csc(N2CCCC2)n1)NC1CCCN(c2ccc(C)cc2)C1.I. The Morgan fingerprint density at radius 3 is 2.61 bits per heavy atom. The van der Waals surface area contributed by atoms with Crippen LogP contribution in [0.15, 0.2) is 34.6 Å². The molecule has 0 amide bonds. The number of aryl methyl sites for hydroxylation is 1. The fourth-order valence-electron chi connectivity index (χ4n) is 4.25. The third kappa shape index (κ3) is 6.71. The molecule has 1 aromatic heterocycles. The summed E-state index contributed by atoms with van der Waals surface area (Å²) in [5.74, 6) is 0.890. The minimum atomic E-state index is 0. The number of hydrogen-bond donors (Lipinski definition) is 2. The second-order valence-corrected chi connectivity index (χ2v) is 9.17. The van der Waals surface area contributed by atoms with Gasteiger partial charge in [-0.15, -0.1) is 35.3 Å². The van der Waals surface area contributed by atoms with E-state index in [0.29, 0.717) is 6.04 Å². The lowest BCUT2D eigenvalue weighted by molar-refractivity contribution is 0.468. The maximum absolute atomic E-state index is 4.82. The molecule has 0 aliphatic carbocycles. The molecule has 0 radical (unpaired) electrons. The lowest BCUT2D eigenvalue weighted by Crippen LogP contribution is -2.51. The number of nitrogens with zero attached hydrogens (tertiary/aromatic N) is 4. The average molecular weight is 555 g/mol. The van der Waals surface area contributed by atoms with Gasteiger partial charge < -0.3 is 20.4 Å². The van der Waals surface area contributed by atoms with Gasteiger partial charge >= 0.3 is 0 Å². The van der Waals surface area contributed by atoms with Gasteiger partial charge in [-0.05, 0) is 44.7 Å². The lowest BCUT2D eigenvalue weighted by Gasteiger charge is -2.35. The van der Waals surface area contributed by atoms with Gasteiger partial charge in [0, 0.05) is 63.3 Å². The molecule has 0 spiro atoms. The van der Waals surface area contributed by atoms with Gasteiger partial charge in [-0.3, -0.25) is 4.99 Å². The molecule has 3 heterocycles. The predicted molar refractivity (Wildman–Crippen MR) is 144 cm³/mol. The van der Waals surface area contributed by atoms with Crippen LogP contribution >= 0.6 is 35.3 Å². The van der Waals surface area contributed by atoms with Crippen LogP contribution in [-0.4, -0.2) is 56.8 Å². The van der Waals surface area contributed by atoms with Crippen LogP contribution in [0.2, 0.25) is 0 Å². The maximum Gasteiger partial charge on any atom is 0.191 e. The highest BCUT2D eigenvalue weighted by Crippen LogP contribution is 2.24. The molecular weight excluding hydrogens is 519 g/mol. The number of benzene rings is 1. The van der Waals surface area contributed by atoms with Crippen molar-refractivity contribution in [2.45, 2.75) is 45.1 Å². The molecule has 0 saturated carbocycles. The van der Waals surface area contributed by atoms with Crippen LogP contribution in [0.25, 0.3) is 0 Å². The number of thiazole rings is 1. The normalized spacial score (nSPS) is 19.3. The van der Waals surface area contributed by atoms with Gasteiger partial charge in [0.25, 0.3) is 0 Å². The molecule has 1 unspecified atom stereocenters. The largest absolute Gasteiger partial charge is 0.369 e. The minimum absolute atomic E-state index is 0. The first-order chi connectivity index (χ1) is 14.7. The molecule has 2 N–H and O–H groups in total. The van der Waals surface area contributed by atoms with E-state index in [-0.39, 0.29) is 24.0 Å². The Morgan fingerprint density at radius 1 is 1.13 bits per heavy atom. The Bertz CT molecular complexity index is 831. The highest BCUT2D eigenvalue weighted by Gasteiger charge is 2.21. The molecule has 2 fully saturated rings. The van der Waals surface area contributed by atoms with Gasteiger partial charge in [-0.1, -0.05) is 17.7 Å². The zero-order chi connectivity index (χ0) is 20.8. The van der Waals surface area contributed by atoms with Crippen LogP contribution in [0, 0.1) is 6.92 Å². The monoisotopic (exact) mass is 554 g/mol. The van der Waals surface area contributed by atoms with Crippen LogP contribution in [0.5, 0.6) is 0 Å². The van der Waals surface area contributed by atoms with Gasteiger partial charge in [0.2, 0.25) is 0 Å². The average Bonchev–Trinajstić information content (AvgIpc) is 3.46. The molecule has 6 nitrogen and oxygen atoms in total. The van der Waals surface area contributed by atoms with Crippen LogP contribution in [0.3, 0.4) is 0 Å². The van der Waals surface area contributed by atoms with E-state index in [9.17, 15) is 0 Å². The highest BCUT2D eigenvalue weighted by atomic mass is 127. The molecule has 8 heteroatoms. The first-order valence-corrected chi connectivity index (χ1v) is 12.1. The third-order valence-electron chi connectivity index (χ3n) is 5.97. The van der Waals surface area contributed by atoms with Crippen molar-refractivity contribution in [1.82, 2.24) is 15.6 Å². The number of rotatable bonds is 6. The molecule has 2 aliphatic rings. The smallest absolute Gasteiger partial charge is 0.191 e. The Morgan fingerprint density at radius 2 is 1.87 bits per heavy atom. The van der Waals surface area contributed by atoms with E-state index < -0.39 is 0 Å². The fraction of sp³-hybridized carbons (Fsp3) is 0.565. The first kappa shape index (κ1) is 24.1. The molecule has 2 saturated heterocycles. The van der Waals surface area contributed by atoms with Crippen LogP contribution < -0.4 is 20.4 Å². The lowest BCUT2D eigenvalue weighted by atomic mass is 10.0. The number of nitrogens with one attached hydrogen (secondary N) is 2. The Hall–Kier alpha value is -1.55. The van der Waals surface area contributed by atoms with Gasteiger partial charge in [0.05, 0.1) is 5.69 Å². The molecule has 2 aliphatic heterocycles. The Kier molecular flexibility index (Phi) is 9.25. The summed E-state index contributed by atoms with van der Waals surface area (Å²) in [6.07, 6.45) is 5.88. The quantitative estimate of drug-likeness (QED) is 0.321. The van der Waals surface area contributed by atoms with Gasteiger partial charge in [0.1, 0.15) is 0 Å². The van der Waals surface area contributed by atoms with Crippen LogP contribution in [0.4, 0.5) is 10.8 Å². The number of piperidine rings is 1. The standard InChI is InChI=1S/C23H34N6S.HI/c1-18-7-9-21(10-8-18)29-15-5-6-19(16-29)26-22(24-2)25-12-11-20-17-30-23(27-20)28-13-3-4-14-28;/h7-10,17,19H,3-6,11-16H2,1-2H3,(H2,24,25,26);1H. The summed E-state index contributed by atoms with van der Waals surface area (Å²) in [5.41, 5.74) is 3.79. The molecule has 2 aromatic rings. The number of halogens is 1. The van der Waals surface area contributed by atoms with Crippen molar-refractivity contribution in [2.24, 2.45) is 4.99 Å². The van der Waals surface area contributed by atoms with Crippen molar-refractivity contribution in [3.05, 3.63) is 40.9 Å². The summed E-state index contributed by atoms with van der Waals surface area (Å²) in [6, 6.07) is 9.26. The van der Waals surface area contributed by atoms with Crippen LogP contribution in [0.1, 0.15) is 36.9 Å². The Balaban J connectivity index is 0.00000272. The number of aliphatic imine (C=N–C) groups is 1. The van der Waals surface area contributed by atoms with E-state index in [1.807, 2.05) is 7.05 Å². The van der Waals surface area contributed by atoms with Crippen molar-refractivity contribution in [1.29, 1.82) is 0 Å². The van der Waals surface area contributed by atoms with E-state index in [2.05, 4.69) is 62.0 Å². The van der Waals surface area contributed by atoms with E-state index in [1.54, 1.807) is 11.3 Å². The molecule has 1 aromatic carbocycles. The van der Waals surface area contributed by atoms with E-state index in [1.165, 1.54) is 47.8 Å². The van der Waals surface area contributed by atoms with Crippen molar-refractivity contribution in [2.75, 3.05) is 49.6 Å². The Labute approximate surface area is 207 Å². The first-order valence-electron chi connectivity index (χ1n) is 11.2. The molecule has 4 rings (SSSR count). The van der Waals surface area contributed by atoms with Crippen LogP contribution in [-0.2, 0) is 6.42 Å². The minimum Gasteiger partial charge on any atom is -0.369 e. The number of anilines is 2. The molecular formula is C23H35IN6S. The van der Waals surface area contributed by atoms with Crippen molar-refractivity contribution >= 4 is 52.1 Å². The number of hydrogen-bond acceptors (Lipinski definition) is 5. The van der Waals surface area contributed by atoms with Gasteiger partial charge in [-0.25, -0.2) is 4.98 Å². The van der Waals surface area contributed by atoms with E-state index in [4.69, 9.17) is 4.98 Å². The molecule has 31 heavy (non-hydrogen) atoms. The molecule has 170 valence electrons. The number of guanidine groups is 1. The van der Waals surface area contributed by atoms with E-state index >= 15 is 0 Å². The van der Waals surface area contributed by atoms with Crippen molar-refractivity contribution in [3.63, 3.8) is 0 Å². The van der Waals surface area contributed by atoms with E-state index in [0.717, 1.165) is 45.1 Å². The third-order valence-corrected chi connectivity index (χ3v) is 6.92. The summed E-state index contributed by atoms with van der Waals surface area (Å²) in [5, 5.41) is 10.5. The number of aromatic nitrogens is 1. The van der Waals surface area contributed by atoms with Gasteiger partial charge in [-0.2, -0.15) is 0 Å². The zero-order valence-electron chi connectivity index (χ0n) is 18.6. The second-order valence-electron chi connectivity index (χ2n) is 8.33. The van der Waals surface area contributed by atoms with Crippen molar-refractivity contribution < 1.29 is 0 Å². The summed E-state index contributed by atoms with van der Waals surface area (Å²) < 4.78 is 0. The summed E-state index contributed by atoms with van der Waals surface area (Å²) in [7, 11) is 1.85. The summed E-state index contributed by atoms with van der Waals surface area (Å²) >= 11 is 1.77. The predicted octanol–water partition coefficient (Wildman–Crippen LogP) is 4.05. The molecule has 1 atom stereocenters.